The summed E-state index contributed by atoms with van der Waals surface area (Å²) in [5, 5.41) is 2.82. The van der Waals surface area contributed by atoms with Crippen molar-refractivity contribution in [3.8, 4) is 0 Å². The maximum absolute atomic E-state index is 11.8. The highest BCUT2D eigenvalue weighted by Gasteiger charge is 2.18. The van der Waals surface area contributed by atoms with Gasteiger partial charge in [-0.25, -0.2) is 26.3 Å². The lowest BCUT2D eigenvalue weighted by atomic mass is 10.4. The molecular weight excluding hydrogens is 306 g/mol. The van der Waals surface area contributed by atoms with Crippen LogP contribution in [0.2, 0.25) is 0 Å². The van der Waals surface area contributed by atoms with Gasteiger partial charge in [0.2, 0.25) is 15.1 Å². The molecule has 1 heterocycles. The van der Waals surface area contributed by atoms with E-state index in [0.717, 1.165) is 12.8 Å². The first-order valence-electron chi connectivity index (χ1n) is 5.98. The van der Waals surface area contributed by atoms with Gasteiger partial charge in [-0.2, -0.15) is 0 Å². The number of furan rings is 1. The molecule has 0 aliphatic carbocycles. The molecule has 0 saturated carbocycles. The number of sulfonamides is 2. The zero-order valence-electron chi connectivity index (χ0n) is 11.3. The molecule has 1 rings (SSSR count). The Morgan fingerprint density at radius 2 is 1.75 bits per heavy atom. The molecule has 0 spiro atoms. The van der Waals surface area contributed by atoms with E-state index in [2.05, 4.69) is 14.8 Å². The molecule has 0 amide bonds. The fraction of sp³-hybridized carbons (Fsp3) is 0.600. The Balaban J connectivity index is 2.53. The van der Waals surface area contributed by atoms with E-state index in [9.17, 15) is 16.8 Å². The van der Waals surface area contributed by atoms with Gasteiger partial charge < -0.3 is 9.73 Å². The Morgan fingerprint density at radius 3 is 2.35 bits per heavy atom. The average molecular weight is 325 g/mol. The molecule has 0 aliphatic heterocycles. The van der Waals surface area contributed by atoms with Crippen molar-refractivity contribution < 1.29 is 21.3 Å². The maximum Gasteiger partial charge on any atom is 0.274 e. The van der Waals surface area contributed by atoms with Gasteiger partial charge in [0.25, 0.3) is 10.0 Å². The van der Waals surface area contributed by atoms with Crippen LogP contribution in [0.5, 0.6) is 0 Å². The largest absolute Gasteiger partial charge is 0.447 e. The first kappa shape index (κ1) is 17.1. The standard InChI is InChI=1S/C10H19N3O5S2/c1-3-11-8-9-4-5-10(18-9)20(16,17)13-7-6-12-19(2,14)15/h4-5,11-13H,3,6-8H2,1-2H3. The molecule has 0 aromatic carbocycles. The third-order valence-corrected chi connectivity index (χ3v) is 4.29. The summed E-state index contributed by atoms with van der Waals surface area (Å²) in [5.74, 6) is 0.515. The lowest BCUT2D eigenvalue weighted by Crippen LogP contribution is -2.34. The van der Waals surface area contributed by atoms with Crippen molar-refractivity contribution in [2.45, 2.75) is 18.6 Å². The van der Waals surface area contributed by atoms with Crippen molar-refractivity contribution in [1.82, 2.24) is 14.8 Å². The van der Waals surface area contributed by atoms with Gasteiger partial charge in [-0.3, -0.25) is 0 Å². The third kappa shape index (κ3) is 6.01. The molecule has 0 radical (unpaired) electrons. The Bertz CT molecular complexity index is 621. The minimum Gasteiger partial charge on any atom is -0.447 e. The molecule has 116 valence electrons. The molecule has 0 saturated heterocycles. The molecule has 0 unspecified atom stereocenters. The molecule has 0 aliphatic rings. The molecular formula is C10H19N3O5S2. The summed E-state index contributed by atoms with van der Waals surface area (Å²) in [5.41, 5.74) is 0. The lowest BCUT2D eigenvalue weighted by molar-refractivity contribution is 0.401. The maximum atomic E-state index is 11.8. The van der Waals surface area contributed by atoms with Gasteiger partial charge in [0.1, 0.15) is 5.76 Å². The van der Waals surface area contributed by atoms with Gasteiger partial charge in [-0.15, -0.1) is 0 Å². The molecule has 0 atom stereocenters. The van der Waals surface area contributed by atoms with E-state index in [-0.39, 0.29) is 18.2 Å². The zero-order valence-corrected chi connectivity index (χ0v) is 13.0. The number of hydrogen-bond acceptors (Lipinski definition) is 6. The van der Waals surface area contributed by atoms with Crippen molar-refractivity contribution in [1.29, 1.82) is 0 Å². The molecule has 1 aromatic rings. The topological polar surface area (TPSA) is 118 Å². The van der Waals surface area contributed by atoms with E-state index >= 15 is 0 Å². The van der Waals surface area contributed by atoms with Crippen LogP contribution in [0.3, 0.4) is 0 Å². The highest BCUT2D eigenvalue weighted by molar-refractivity contribution is 7.89. The summed E-state index contributed by atoms with van der Waals surface area (Å²) in [4.78, 5) is 0. The van der Waals surface area contributed by atoms with Crippen LogP contribution < -0.4 is 14.8 Å². The SMILES string of the molecule is CCNCc1ccc(S(=O)(=O)NCCNS(C)(=O)=O)o1. The molecule has 0 bridgehead atoms. The highest BCUT2D eigenvalue weighted by atomic mass is 32.2. The van der Waals surface area contributed by atoms with Crippen LogP contribution in [-0.4, -0.2) is 42.7 Å². The van der Waals surface area contributed by atoms with Gasteiger partial charge in [0, 0.05) is 13.1 Å². The molecule has 1 aromatic heterocycles. The van der Waals surface area contributed by atoms with Crippen LogP contribution in [0.15, 0.2) is 21.6 Å². The minimum absolute atomic E-state index is 0.0248. The number of hydrogen-bond donors (Lipinski definition) is 3. The second kappa shape index (κ2) is 7.18. The first-order valence-corrected chi connectivity index (χ1v) is 9.36. The Labute approximate surface area is 119 Å². The Hall–Kier alpha value is -0.940. The zero-order chi connectivity index (χ0) is 15.2. The van der Waals surface area contributed by atoms with Gasteiger partial charge in [0.05, 0.1) is 12.8 Å². The fourth-order valence-electron chi connectivity index (χ4n) is 1.34. The summed E-state index contributed by atoms with van der Waals surface area (Å²) >= 11 is 0. The summed E-state index contributed by atoms with van der Waals surface area (Å²) < 4.78 is 54.9. The summed E-state index contributed by atoms with van der Waals surface area (Å²) in [6.07, 6.45) is 1.00. The fourth-order valence-corrected chi connectivity index (χ4v) is 2.79. The van der Waals surface area contributed by atoms with E-state index in [1.54, 1.807) is 6.07 Å². The van der Waals surface area contributed by atoms with Gasteiger partial charge >= 0.3 is 0 Å². The number of rotatable bonds is 9. The van der Waals surface area contributed by atoms with Crippen molar-refractivity contribution in [3.05, 3.63) is 17.9 Å². The van der Waals surface area contributed by atoms with Gasteiger partial charge in [-0.05, 0) is 18.7 Å². The summed E-state index contributed by atoms with van der Waals surface area (Å²) in [6.45, 7) is 3.04. The van der Waals surface area contributed by atoms with Gasteiger partial charge in [0.15, 0.2) is 0 Å². The second-order valence-corrected chi connectivity index (χ2v) is 7.60. The van der Waals surface area contributed by atoms with Crippen molar-refractivity contribution in [2.75, 3.05) is 25.9 Å². The Morgan fingerprint density at radius 1 is 1.10 bits per heavy atom. The quantitative estimate of drug-likeness (QED) is 0.513. The Kier molecular flexibility index (Phi) is 6.14. The average Bonchev–Trinajstić information content (AvgIpc) is 2.80. The second-order valence-electron chi connectivity index (χ2n) is 4.07. The molecule has 8 nitrogen and oxygen atoms in total. The minimum atomic E-state index is -3.76. The van der Waals surface area contributed by atoms with Gasteiger partial charge in [-0.1, -0.05) is 6.92 Å². The summed E-state index contributed by atoms with van der Waals surface area (Å²) in [7, 11) is -7.09. The van der Waals surface area contributed by atoms with Crippen molar-refractivity contribution in [3.63, 3.8) is 0 Å². The van der Waals surface area contributed by atoms with E-state index in [1.165, 1.54) is 6.07 Å². The van der Waals surface area contributed by atoms with Crippen molar-refractivity contribution in [2.24, 2.45) is 0 Å². The summed E-state index contributed by atoms with van der Waals surface area (Å²) in [6, 6.07) is 2.94. The molecule has 3 N–H and O–H groups in total. The van der Waals surface area contributed by atoms with Crippen LogP contribution in [0.4, 0.5) is 0 Å². The van der Waals surface area contributed by atoms with Crippen LogP contribution >= 0.6 is 0 Å². The van der Waals surface area contributed by atoms with E-state index in [4.69, 9.17) is 4.42 Å². The highest BCUT2D eigenvalue weighted by Crippen LogP contribution is 2.13. The lowest BCUT2D eigenvalue weighted by Gasteiger charge is -2.04. The molecule has 20 heavy (non-hydrogen) atoms. The monoisotopic (exact) mass is 325 g/mol. The first-order chi connectivity index (χ1) is 9.24. The normalized spacial score (nSPS) is 12.7. The van der Waals surface area contributed by atoms with E-state index < -0.39 is 20.0 Å². The van der Waals surface area contributed by atoms with Crippen LogP contribution in [0, 0.1) is 0 Å². The molecule has 10 heteroatoms. The van der Waals surface area contributed by atoms with Crippen LogP contribution in [-0.2, 0) is 26.6 Å². The van der Waals surface area contributed by atoms with Crippen molar-refractivity contribution >= 4 is 20.0 Å². The molecule has 0 fully saturated rings. The van der Waals surface area contributed by atoms with E-state index in [0.29, 0.717) is 12.3 Å². The predicted octanol–water partition coefficient (Wildman–Crippen LogP) is -0.783. The predicted molar refractivity (Wildman–Crippen MR) is 74.1 cm³/mol. The number of nitrogens with one attached hydrogen (secondary N) is 3. The smallest absolute Gasteiger partial charge is 0.274 e. The van der Waals surface area contributed by atoms with Crippen LogP contribution in [0.25, 0.3) is 0 Å². The van der Waals surface area contributed by atoms with Crippen LogP contribution in [0.1, 0.15) is 12.7 Å². The van der Waals surface area contributed by atoms with E-state index in [1.807, 2.05) is 6.92 Å². The third-order valence-electron chi connectivity index (χ3n) is 2.23.